The van der Waals surface area contributed by atoms with Crippen LogP contribution in [-0.2, 0) is 20.9 Å². The molecular formula is C30H35N3O3. The summed E-state index contributed by atoms with van der Waals surface area (Å²) in [6.07, 6.45) is 3.28. The van der Waals surface area contributed by atoms with E-state index in [1.54, 1.807) is 12.2 Å². The van der Waals surface area contributed by atoms with Gasteiger partial charge in [0.05, 0.1) is 5.92 Å². The number of hydrogen-bond acceptors (Lipinski definition) is 3. The van der Waals surface area contributed by atoms with Crippen LogP contribution in [0.2, 0.25) is 0 Å². The molecule has 0 aliphatic carbocycles. The molecule has 1 saturated heterocycles. The van der Waals surface area contributed by atoms with Crippen molar-refractivity contribution in [3.63, 3.8) is 0 Å². The number of nitrogens with one attached hydrogen (secondary N) is 2. The summed E-state index contributed by atoms with van der Waals surface area (Å²) in [7, 11) is 0. The van der Waals surface area contributed by atoms with Crippen molar-refractivity contribution >= 4 is 17.7 Å². The van der Waals surface area contributed by atoms with Gasteiger partial charge in [-0.2, -0.15) is 0 Å². The second-order valence-corrected chi connectivity index (χ2v) is 8.15. The van der Waals surface area contributed by atoms with Crippen LogP contribution in [0.1, 0.15) is 25.5 Å². The Labute approximate surface area is 215 Å². The fourth-order valence-corrected chi connectivity index (χ4v) is 3.98. The molecule has 3 aromatic carbocycles. The van der Waals surface area contributed by atoms with Gasteiger partial charge in [0.2, 0.25) is 5.91 Å². The zero-order valence-electron chi connectivity index (χ0n) is 20.2. The molecule has 6 heteroatoms. The molecule has 0 bridgehead atoms. The number of rotatable bonds is 7. The standard InChI is InChI=1S/C26H25N3O3.C4H6.2H2/c30-24-23(25(31)28-18-19-10-4-1-5-11-19)29(17-16-27-24)26(32)22(20-12-6-2-7-13-20)21-14-8-3-9-15-21;1-3-4-2;;/h1-15,22-23H,16-18H2,(H,27,30)(H,28,31);3-4H,1-2H2;2*1H. The summed E-state index contributed by atoms with van der Waals surface area (Å²) in [4.78, 5) is 40.9. The predicted molar refractivity (Wildman–Crippen MR) is 146 cm³/mol. The fraction of sp³-hybridized carbons (Fsp3) is 0.167. The van der Waals surface area contributed by atoms with Crippen molar-refractivity contribution in [2.24, 2.45) is 0 Å². The van der Waals surface area contributed by atoms with E-state index < -0.39 is 23.8 Å². The molecule has 36 heavy (non-hydrogen) atoms. The third-order valence-corrected chi connectivity index (χ3v) is 5.73. The van der Waals surface area contributed by atoms with Crippen LogP contribution in [0.25, 0.3) is 0 Å². The Hall–Kier alpha value is -4.45. The Balaban J connectivity index is 0.00000113. The Bertz CT molecular complexity index is 1130. The number of nitrogens with zero attached hydrogens (tertiary/aromatic N) is 1. The van der Waals surface area contributed by atoms with Crippen LogP contribution < -0.4 is 10.6 Å². The van der Waals surface area contributed by atoms with Gasteiger partial charge in [-0.3, -0.25) is 14.4 Å². The first-order valence-corrected chi connectivity index (χ1v) is 11.8. The van der Waals surface area contributed by atoms with Gasteiger partial charge in [0, 0.05) is 22.5 Å². The molecule has 4 rings (SSSR count). The van der Waals surface area contributed by atoms with Crippen LogP contribution in [0, 0.1) is 0 Å². The SMILES string of the molecule is C=CC=C.O=C1NCCN(C(=O)C(c2ccccc2)c2ccccc2)C1C(=O)NCc1ccccc1.[HH].[HH]. The smallest absolute Gasteiger partial charge is 0.252 e. The van der Waals surface area contributed by atoms with Crippen molar-refractivity contribution < 1.29 is 17.2 Å². The third kappa shape index (κ3) is 6.79. The van der Waals surface area contributed by atoms with Crippen molar-refractivity contribution in [1.82, 2.24) is 15.5 Å². The van der Waals surface area contributed by atoms with Crippen molar-refractivity contribution in [2.75, 3.05) is 13.1 Å². The molecule has 6 nitrogen and oxygen atoms in total. The largest absolute Gasteiger partial charge is 0.352 e. The summed E-state index contributed by atoms with van der Waals surface area (Å²) in [5, 5.41) is 5.53. The summed E-state index contributed by atoms with van der Waals surface area (Å²) >= 11 is 0. The summed E-state index contributed by atoms with van der Waals surface area (Å²) in [6, 6.07) is 27.1. The molecule has 188 valence electrons. The highest BCUT2D eigenvalue weighted by atomic mass is 16.2. The predicted octanol–water partition coefficient (Wildman–Crippen LogP) is 4.31. The molecule has 1 aliphatic rings. The highest BCUT2D eigenvalue weighted by molar-refractivity contribution is 6.08. The lowest BCUT2D eigenvalue weighted by atomic mass is 9.89. The van der Waals surface area contributed by atoms with Gasteiger partial charge in [-0.1, -0.05) is 116 Å². The molecular weight excluding hydrogens is 450 g/mol. The number of carbonyl (C=O) groups excluding carboxylic acids is 3. The van der Waals surface area contributed by atoms with E-state index in [0.29, 0.717) is 6.54 Å². The average molecular weight is 486 g/mol. The molecule has 2 N–H and O–H groups in total. The zero-order valence-corrected chi connectivity index (χ0v) is 20.2. The number of amides is 3. The Morgan fingerprint density at radius 1 is 0.917 bits per heavy atom. The number of allylic oxidation sites excluding steroid dienone is 2. The topological polar surface area (TPSA) is 78.5 Å². The quantitative estimate of drug-likeness (QED) is 0.387. The van der Waals surface area contributed by atoms with E-state index in [0.717, 1.165) is 16.7 Å². The summed E-state index contributed by atoms with van der Waals surface area (Å²) in [6.45, 7) is 7.58. The van der Waals surface area contributed by atoms with Crippen molar-refractivity contribution in [3.05, 3.63) is 133 Å². The van der Waals surface area contributed by atoms with Gasteiger partial charge in [0.15, 0.2) is 6.04 Å². The van der Waals surface area contributed by atoms with E-state index in [9.17, 15) is 14.4 Å². The lowest BCUT2D eigenvalue weighted by Crippen LogP contribution is -2.63. The van der Waals surface area contributed by atoms with E-state index in [1.165, 1.54) is 4.90 Å². The average Bonchev–Trinajstić information content (AvgIpc) is 2.93. The van der Waals surface area contributed by atoms with Crippen LogP contribution >= 0.6 is 0 Å². The molecule has 3 aromatic rings. The first kappa shape index (κ1) is 26.2. The van der Waals surface area contributed by atoms with E-state index in [2.05, 4.69) is 23.8 Å². The molecule has 3 amide bonds. The second-order valence-electron chi connectivity index (χ2n) is 8.15. The second kappa shape index (κ2) is 13.4. The van der Waals surface area contributed by atoms with Crippen LogP contribution in [0.5, 0.6) is 0 Å². The highest BCUT2D eigenvalue weighted by Gasteiger charge is 2.41. The van der Waals surface area contributed by atoms with Crippen molar-refractivity contribution in [1.29, 1.82) is 0 Å². The summed E-state index contributed by atoms with van der Waals surface area (Å²) in [5.74, 6) is -1.82. The van der Waals surface area contributed by atoms with Gasteiger partial charge in [0.25, 0.3) is 11.8 Å². The molecule has 1 unspecified atom stereocenters. The normalized spacial score (nSPS) is 14.6. The molecule has 1 aliphatic heterocycles. The maximum absolute atomic E-state index is 13.8. The fourth-order valence-electron chi connectivity index (χ4n) is 3.98. The number of carbonyl (C=O) groups is 3. The van der Waals surface area contributed by atoms with Gasteiger partial charge in [-0.05, 0) is 16.7 Å². The maximum atomic E-state index is 13.8. The Morgan fingerprint density at radius 2 is 1.42 bits per heavy atom. The van der Waals surface area contributed by atoms with Crippen molar-refractivity contribution in [2.45, 2.75) is 18.5 Å². The number of piperazine rings is 1. The van der Waals surface area contributed by atoms with Gasteiger partial charge >= 0.3 is 0 Å². The van der Waals surface area contributed by atoms with E-state index in [1.807, 2.05) is 91.0 Å². The summed E-state index contributed by atoms with van der Waals surface area (Å²) < 4.78 is 0. The van der Waals surface area contributed by atoms with Crippen LogP contribution in [0.4, 0.5) is 0 Å². The molecule has 1 heterocycles. The lowest BCUT2D eigenvalue weighted by molar-refractivity contribution is -0.150. The molecule has 1 atom stereocenters. The molecule has 0 saturated carbocycles. The number of benzene rings is 3. The third-order valence-electron chi connectivity index (χ3n) is 5.73. The first-order chi connectivity index (χ1) is 17.6. The van der Waals surface area contributed by atoms with Crippen molar-refractivity contribution in [3.8, 4) is 0 Å². The van der Waals surface area contributed by atoms with E-state index >= 15 is 0 Å². The van der Waals surface area contributed by atoms with Crippen LogP contribution in [0.3, 0.4) is 0 Å². The maximum Gasteiger partial charge on any atom is 0.252 e. The lowest BCUT2D eigenvalue weighted by Gasteiger charge is -2.36. The van der Waals surface area contributed by atoms with Gasteiger partial charge in [-0.25, -0.2) is 0 Å². The molecule has 0 radical (unpaired) electrons. The van der Waals surface area contributed by atoms with Gasteiger partial charge in [-0.15, -0.1) is 0 Å². The van der Waals surface area contributed by atoms with Crippen LogP contribution in [0.15, 0.2) is 116 Å². The van der Waals surface area contributed by atoms with Crippen LogP contribution in [-0.4, -0.2) is 41.8 Å². The molecule has 1 fully saturated rings. The minimum absolute atomic E-state index is 0. The summed E-state index contributed by atoms with van der Waals surface area (Å²) in [5.41, 5.74) is 2.55. The molecule has 0 spiro atoms. The highest BCUT2D eigenvalue weighted by Crippen LogP contribution is 2.28. The minimum Gasteiger partial charge on any atom is -0.352 e. The monoisotopic (exact) mass is 485 g/mol. The Morgan fingerprint density at radius 3 is 1.92 bits per heavy atom. The van der Waals surface area contributed by atoms with E-state index in [-0.39, 0.29) is 21.8 Å². The van der Waals surface area contributed by atoms with Gasteiger partial charge < -0.3 is 15.5 Å². The van der Waals surface area contributed by atoms with E-state index in [4.69, 9.17) is 0 Å². The molecule has 0 aromatic heterocycles. The Kier molecular flexibility index (Phi) is 9.77. The minimum atomic E-state index is -1.21. The number of hydrogen-bond donors (Lipinski definition) is 2. The zero-order chi connectivity index (χ0) is 25.8. The van der Waals surface area contributed by atoms with Gasteiger partial charge in [0.1, 0.15) is 0 Å². The first-order valence-electron chi connectivity index (χ1n) is 11.8.